The van der Waals surface area contributed by atoms with Gasteiger partial charge in [-0.1, -0.05) is 60.7 Å². The molecule has 0 bridgehead atoms. The van der Waals surface area contributed by atoms with Gasteiger partial charge in [0.25, 0.3) is 0 Å². The van der Waals surface area contributed by atoms with E-state index in [4.69, 9.17) is 10.5 Å². The Morgan fingerprint density at radius 2 is 1.63 bits per heavy atom. The summed E-state index contributed by atoms with van der Waals surface area (Å²) < 4.78 is 5.35. The first-order chi connectivity index (χ1) is 14.2. The lowest BCUT2D eigenvalue weighted by Crippen LogP contribution is -2.38. The maximum Gasteiger partial charge on any atom is 0.407 e. The molecule has 0 aliphatic rings. The molecule has 0 spiro atoms. The van der Waals surface area contributed by atoms with E-state index in [2.05, 4.69) is 34.6 Å². The van der Waals surface area contributed by atoms with Gasteiger partial charge in [0.1, 0.15) is 6.61 Å². The Kier molecular flexibility index (Phi) is 10.3. The van der Waals surface area contributed by atoms with Crippen molar-refractivity contribution in [2.75, 3.05) is 0 Å². The molecule has 1 aromatic heterocycles. The van der Waals surface area contributed by atoms with Crippen molar-refractivity contribution in [2.45, 2.75) is 44.4 Å². The molecule has 0 aliphatic heterocycles. The predicted octanol–water partition coefficient (Wildman–Crippen LogP) is 4.75. The SMILES string of the molecule is Cl.N[C@H](CC[C@H](Cc1ccccc1)NC(=O)OCc1cncs1)Cc1ccccc1. The number of halogens is 1. The van der Waals surface area contributed by atoms with Gasteiger partial charge in [0, 0.05) is 18.3 Å². The van der Waals surface area contributed by atoms with Gasteiger partial charge in [0.05, 0.1) is 10.4 Å². The third-order valence-electron chi connectivity index (χ3n) is 4.70. The van der Waals surface area contributed by atoms with Crippen LogP contribution in [-0.2, 0) is 24.2 Å². The number of hydrogen-bond donors (Lipinski definition) is 2. The molecule has 7 heteroatoms. The van der Waals surface area contributed by atoms with E-state index in [9.17, 15) is 4.79 Å². The first kappa shape index (κ1) is 23.9. The van der Waals surface area contributed by atoms with Gasteiger partial charge in [-0.3, -0.25) is 4.98 Å². The van der Waals surface area contributed by atoms with Gasteiger partial charge in [-0.15, -0.1) is 23.7 Å². The molecule has 160 valence electrons. The molecule has 2 aromatic carbocycles. The van der Waals surface area contributed by atoms with Crippen LogP contribution in [0.1, 0.15) is 28.8 Å². The van der Waals surface area contributed by atoms with E-state index in [0.29, 0.717) is 0 Å². The summed E-state index contributed by atoms with van der Waals surface area (Å²) in [5.74, 6) is 0. The molecule has 30 heavy (non-hydrogen) atoms. The maximum absolute atomic E-state index is 12.3. The number of carbonyl (C=O) groups excluding carboxylic acids is 1. The van der Waals surface area contributed by atoms with E-state index in [-0.39, 0.29) is 31.1 Å². The molecular formula is C23H28ClN3O2S. The minimum Gasteiger partial charge on any atom is -0.444 e. The topological polar surface area (TPSA) is 77.2 Å². The van der Waals surface area contributed by atoms with Gasteiger partial charge in [-0.25, -0.2) is 4.79 Å². The van der Waals surface area contributed by atoms with Crippen molar-refractivity contribution in [2.24, 2.45) is 5.73 Å². The first-order valence-corrected chi connectivity index (χ1v) is 10.7. The third-order valence-corrected chi connectivity index (χ3v) is 5.46. The van der Waals surface area contributed by atoms with Gasteiger partial charge in [-0.2, -0.15) is 0 Å². The number of thiazole rings is 1. The van der Waals surface area contributed by atoms with E-state index in [1.807, 2.05) is 36.4 Å². The number of amides is 1. The average Bonchev–Trinajstić information content (AvgIpc) is 3.26. The van der Waals surface area contributed by atoms with Crippen LogP contribution in [0, 0.1) is 0 Å². The summed E-state index contributed by atoms with van der Waals surface area (Å²) in [6.45, 7) is 0.238. The third kappa shape index (κ3) is 8.53. The summed E-state index contributed by atoms with van der Waals surface area (Å²) in [5, 5.41) is 3.01. The molecule has 3 aromatic rings. The molecule has 2 atom stereocenters. The predicted molar refractivity (Wildman–Crippen MR) is 124 cm³/mol. The summed E-state index contributed by atoms with van der Waals surface area (Å²) >= 11 is 1.47. The van der Waals surface area contributed by atoms with Crippen molar-refractivity contribution in [3.8, 4) is 0 Å². The summed E-state index contributed by atoms with van der Waals surface area (Å²) in [7, 11) is 0. The monoisotopic (exact) mass is 445 g/mol. The quantitative estimate of drug-likeness (QED) is 0.472. The first-order valence-electron chi connectivity index (χ1n) is 9.83. The van der Waals surface area contributed by atoms with Gasteiger partial charge < -0.3 is 15.8 Å². The Morgan fingerprint density at radius 3 is 2.23 bits per heavy atom. The Morgan fingerprint density at radius 1 is 1.00 bits per heavy atom. The normalized spacial score (nSPS) is 12.4. The Bertz CT molecular complexity index is 847. The molecule has 3 rings (SSSR count). The van der Waals surface area contributed by atoms with Gasteiger partial charge in [0.2, 0.25) is 0 Å². The summed E-state index contributed by atoms with van der Waals surface area (Å²) in [6.07, 6.45) is 4.49. The van der Waals surface area contributed by atoms with Crippen molar-refractivity contribution in [3.63, 3.8) is 0 Å². The molecule has 0 unspecified atom stereocenters. The average molecular weight is 446 g/mol. The van der Waals surface area contributed by atoms with Crippen LogP contribution in [0.3, 0.4) is 0 Å². The fourth-order valence-electron chi connectivity index (χ4n) is 3.22. The summed E-state index contributed by atoms with van der Waals surface area (Å²) in [5.41, 5.74) is 10.5. The zero-order valence-corrected chi connectivity index (χ0v) is 18.4. The largest absolute Gasteiger partial charge is 0.444 e. The Balaban J connectivity index is 0.00000320. The molecule has 3 N–H and O–H groups in total. The molecule has 0 saturated heterocycles. The van der Waals surface area contributed by atoms with Crippen LogP contribution >= 0.6 is 23.7 Å². The minimum atomic E-state index is -0.407. The molecule has 1 amide bonds. The molecule has 0 radical (unpaired) electrons. The number of ether oxygens (including phenoxy) is 1. The fraction of sp³-hybridized carbons (Fsp3) is 0.304. The number of aromatic nitrogens is 1. The summed E-state index contributed by atoms with van der Waals surface area (Å²) in [6, 6.07) is 20.4. The van der Waals surface area contributed by atoms with Gasteiger partial charge in [-0.05, 0) is 36.8 Å². The molecule has 0 aliphatic carbocycles. The number of alkyl carbamates (subject to hydrolysis) is 1. The van der Waals surface area contributed by atoms with E-state index in [1.165, 1.54) is 22.5 Å². The highest BCUT2D eigenvalue weighted by Gasteiger charge is 2.16. The second-order valence-corrected chi connectivity index (χ2v) is 8.07. The van der Waals surface area contributed by atoms with E-state index >= 15 is 0 Å². The number of rotatable bonds is 10. The number of nitrogens with two attached hydrogens (primary N) is 1. The second kappa shape index (κ2) is 13.0. The number of hydrogen-bond acceptors (Lipinski definition) is 5. The van der Waals surface area contributed by atoms with E-state index in [1.54, 1.807) is 11.7 Å². The molecule has 5 nitrogen and oxygen atoms in total. The highest BCUT2D eigenvalue weighted by molar-refractivity contribution is 7.09. The lowest BCUT2D eigenvalue weighted by atomic mass is 9.96. The smallest absolute Gasteiger partial charge is 0.407 e. The van der Waals surface area contributed by atoms with Crippen molar-refractivity contribution in [1.29, 1.82) is 0 Å². The van der Waals surface area contributed by atoms with Crippen LogP contribution in [0.15, 0.2) is 72.4 Å². The Hall–Kier alpha value is -2.41. The Labute approximate surface area is 188 Å². The highest BCUT2D eigenvalue weighted by atomic mass is 35.5. The van der Waals surface area contributed by atoms with Crippen molar-refractivity contribution in [1.82, 2.24) is 10.3 Å². The molecular weight excluding hydrogens is 418 g/mol. The van der Waals surface area contributed by atoms with Gasteiger partial charge in [0.15, 0.2) is 0 Å². The number of carbonyl (C=O) groups is 1. The molecule has 1 heterocycles. The zero-order valence-electron chi connectivity index (χ0n) is 16.8. The highest BCUT2D eigenvalue weighted by Crippen LogP contribution is 2.13. The molecule has 0 saturated carbocycles. The standard InChI is InChI=1S/C23H27N3O2S.ClH/c24-20(13-18-7-3-1-4-8-18)11-12-21(14-19-9-5-2-6-10-19)26-23(27)28-16-22-15-25-17-29-22;/h1-10,15,17,20-21H,11-14,16,24H2,(H,26,27);1H/t20-,21-;/m1./s1. The van der Waals surface area contributed by atoms with Crippen molar-refractivity contribution < 1.29 is 9.53 Å². The fourth-order valence-corrected chi connectivity index (χ4v) is 3.72. The van der Waals surface area contributed by atoms with Crippen LogP contribution in [0.25, 0.3) is 0 Å². The lowest BCUT2D eigenvalue weighted by molar-refractivity contribution is 0.135. The van der Waals surface area contributed by atoms with Crippen LogP contribution < -0.4 is 11.1 Å². The van der Waals surface area contributed by atoms with Crippen LogP contribution in [0.4, 0.5) is 4.79 Å². The van der Waals surface area contributed by atoms with Crippen LogP contribution in [0.5, 0.6) is 0 Å². The minimum absolute atomic E-state index is 0. The second-order valence-electron chi connectivity index (χ2n) is 7.10. The number of benzene rings is 2. The van der Waals surface area contributed by atoms with E-state index in [0.717, 1.165) is 30.6 Å². The van der Waals surface area contributed by atoms with Crippen LogP contribution in [-0.4, -0.2) is 23.2 Å². The maximum atomic E-state index is 12.3. The number of nitrogens with one attached hydrogen (secondary N) is 1. The summed E-state index contributed by atoms with van der Waals surface area (Å²) in [4.78, 5) is 17.2. The van der Waals surface area contributed by atoms with Crippen LogP contribution in [0.2, 0.25) is 0 Å². The van der Waals surface area contributed by atoms with Gasteiger partial charge >= 0.3 is 6.09 Å². The lowest BCUT2D eigenvalue weighted by Gasteiger charge is -2.21. The van der Waals surface area contributed by atoms with Crippen molar-refractivity contribution >= 4 is 29.8 Å². The number of nitrogens with zero attached hydrogens (tertiary/aromatic N) is 1. The zero-order chi connectivity index (χ0) is 20.3. The van der Waals surface area contributed by atoms with Crippen molar-refractivity contribution in [3.05, 3.63) is 88.4 Å². The van der Waals surface area contributed by atoms with E-state index < -0.39 is 6.09 Å². The molecule has 0 fully saturated rings.